The van der Waals surface area contributed by atoms with Gasteiger partial charge < -0.3 is 20.1 Å². The van der Waals surface area contributed by atoms with Gasteiger partial charge >= 0.3 is 0 Å². The van der Waals surface area contributed by atoms with Gasteiger partial charge in [0, 0.05) is 6.54 Å². The van der Waals surface area contributed by atoms with Crippen molar-refractivity contribution in [2.24, 2.45) is 11.3 Å². The highest BCUT2D eigenvalue weighted by Gasteiger charge is 2.50. The van der Waals surface area contributed by atoms with Crippen molar-refractivity contribution in [2.45, 2.75) is 45.6 Å². The molecule has 1 amide bonds. The predicted octanol–water partition coefficient (Wildman–Crippen LogP) is 2.97. The number of nitrogens with one attached hydrogen (secondary N) is 2. The van der Waals surface area contributed by atoms with E-state index in [1.807, 2.05) is 26.0 Å². The second kappa shape index (κ2) is 7.24. The van der Waals surface area contributed by atoms with Crippen molar-refractivity contribution < 1.29 is 14.3 Å². The van der Waals surface area contributed by atoms with Gasteiger partial charge in [0.15, 0.2) is 11.5 Å². The number of hydrogen-bond acceptors (Lipinski definition) is 4. The van der Waals surface area contributed by atoms with E-state index in [1.165, 1.54) is 6.42 Å². The monoisotopic (exact) mass is 346 g/mol. The minimum absolute atomic E-state index is 0.0649. The van der Waals surface area contributed by atoms with Crippen molar-refractivity contribution in [3.63, 3.8) is 0 Å². The molecule has 1 saturated carbocycles. The lowest BCUT2D eigenvalue weighted by molar-refractivity contribution is -0.134. The van der Waals surface area contributed by atoms with Crippen molar-refractivity contribution in [1.82, 2.24) is 10.6 Å². The van der Waals surface area contributed by atoms with Gasteiger partial charge in [0.25, 0.3) is 0 Å². The fourth-order valence-electron chi connectivity index (χ4n) is 4.57. The normalized spacial score (nSPS) is 26.6. The maximum Gasteiger partial charge on any atom is 0.228 e. The van der Waals surface area contributed by atoms with Gasteiger partial charge in [-0.3, -0.25) is 4.79 Å². The molecule has 1 aromatic carbocycles. The standard InChI is InChI=1S/C20H30N2O3/c1-13-9-17(24-3)18(25-4)10-16(13)14(2)22-19(23)20-8-6-5-7-15(20)11-21-12-20/h9-10,14-15,21H,5-8,11-12H2,1-4H3,(H,22,23)/t14?,15-,20+/m0/s1. The summed E-state index contributed by atoms with van der Waals surface area (Å²) < 4.78 is 10.8. The molecular weight excluding hydrogens is 316 g/mol. The number of ether oxygens (including phenoxy) is 2. The highest BCUT2D eigenvalue weighted by molar-refractivity contribution is 5.84. The maximum atomic E-state index is 13.2. The topological polar surface area (TPSA) is 59.6 Å². The number of carbonyl (C=O) groups excluding carboxylic acids is 1. The Morgan fingerprint density at radius 1 is 1.28 bits per heavy atom. The van der Waals surface area contributed by atoms with Gasteiger partial charge in [0.05, 0.1) is 25.7 Å². The van der Waals surface area contributed by atoms with E-state index in [4.69, 9.17) is 9.47 Å². The van der Waals surface area contributed by atoms with E-state index >= 15 is 0 Å². The van der Waals surface area contributed by atoms with Gasteiger partial charge in [-0.1, -0.05) is 12.8 Å². The average Bonchev–Trinajstić information content (AvgIpc) is 3.06. The van der Waals surface area contributed by atoms with E-state index in [0.717, 1.165) is 43.5 Å². The lowest BCUT2D eigenvalue weighted by atomic mass is 9.67. The van der Waals surface area contributed by atoms with E-state index in [2.05, 4.69) is 10.6 Å². The molecule has 0 bridgehead atoms. The number of hydrogen-bond donors (Lipinski definition) is 2. The fourth-order valence-corrected chi connectivity index (χ4v) is 4.57. The highest BCUT2D eigenvalue weighted by Crippen LogP contribution is 2.44. The van der Waals surface area contributed by atoms with Crippen molar-refractivity contribution in [2.75, 3.05) is 27.3 Å². The number of fused-ring (bicyclic) bond motifs is 1. The molecule has 5 heteroatoms. The van der Waals surface area contributed by atoms with Crippen LogP contribution in [-0.4, -0.2) is 33.2 Å². The van der Waals surface area contributed by atoms with E-state index in [1.54, 1.807) is 14.2 Å². The molecule has 2 N–H and O–H groups in total. The van der Waals surface area contributed by atoms with Crippen LogP contribution in [0.2, 0.25) is 0 Å². The molecule has 3 atom stereocenters. The van der Waals surface area contributed by atoms with Gasteiger partial charge in [0.2, 0.25) is 5.91 Å². The van der Waals surface area contributed by atoms with Crippen LogP contribution in [0.4, 0.5) is 0 Å². The van der Waals surface area contributed by atoms with E-state index in [0.29, 0.717) is 17.4 Å². The average molecular weight is 346 g/mol. The Kier molecular flexibility index (Phi) is 5.23. The number of aryl methyl sites for hydroxylation is 1. The first-order valence-electron chi connectivity index (χ1n) is 9.26. The Bertz CT molecular complexity index is 646. The molecule has 1 aromatic rings. The number of rotatable bonds is 5. The minimum atomic E-state index is -0.225. The van der Waals surface area contributed by atoms with Gasteiger partial charge in [0.1, 0.15) is 0 Å². The predicted molar refractivity (Wildman–Crippen MR) is 98.1 cm³/mol. The van der Waals surface area contributed by atoms with Crippen LogP contribution in [-0.2, 0) is 4.79 Å². The van der Waals surface area contributed by atoms with Gasteiger partial charge in [-0.05, 0) is 62.4 Å². The Balaban J connectivity index is 1.80. The quantitative estimate of drug-likeness (QED) is 0.860. The third-order valence-corrected chi connectivity index (χ3v) is 6.08. The summed E-state index contributed by atoms with van der Waals surface area (Å²) in [5.41, 5.74) is 1.94. The van der Waals surface area contributed by atoms with Gasteiger partial charge in [-0.2, -0.15) is 0 Å². The summed E-state index contributed by atoms with van der Waals surface area (Å²) in [6.07, 6.45) is 4.54. The molecule has 25 heavy (non-hydrogen) atoms. The smallest absolute Gasteiger partial charge is 0.228 e. The summed E-state index contributed by atoms with van der Waals surface area (Å²) in [6, 6.07) is 3.88. The molecule has 1 unspecified atom stereocenters. The molecular formula is C20H30N2O3. The van der Waals surface area contributed by atoms with Crippen molar-refractivity contribution in [3.8, 4) is 11.5 Å². The molecule has 3 rings (SSSR count). The first kappa shape index (κ1) is 18.1. The molecule has 1 aliphatic heterocycles. The lowest BCUT2D eigenvalue weighted by Crippen LogP contribution is -2.48. The maximum absolute atomic E-state index is 13.2. The Morgan fingerprint density at radius 3 is 2.72 bits per heavy atom. The molecule has 0 spiro atoms. The first-order chi connectivity index (χ1) is 12.0. The minimum Gasteiger partial charge on any atom is -0.493 e. The van der Waals surface area contributed by atoms with Crippen LogP contribution in [0, 0.1) is 18.3 Å². The van der Waals surface area contributed by atoms with E-state index < -0.39 is 0 Å². The summed E-state index contributed by atoms with van der Waals surface area (Å²) >= 11 is 0. The Hall–Kier alpha value is -1.75. The van der Waals surface area contributed by atoms with E-state index in [9.17, 15) is 4.79 Å². The second-order valence-electron chi connectivity index (χ2n) is 7.49. The lowest BCUT2D eigenvalue weighted by Gasteiger charge is -2.38. The number of methoxy groups -OCH3 is 2. The summed E-state index contributed by atoms with van der Waals surface area (Å²) in [5, 5.41) is 6.73. The molecule has 1 heterocycles. The molecule has 0 aromatic heterocycles. The molecule has 1 aliphatic carbocycles. The zero-order chi connectivity index (χ0) is 18.0. The summed E-state index contributed by atoms with van der Waals surface area (Å²) in [5.74, 6) is 2.08. The zero-order valence-electron chi connectivity index (χ0n) is 15.8. The summed E-state index contributed by atoms with van der Waals surface area (Å²) in [6.45, 7) is 5.86. The molecule has 0 radical (unpaired) electrons. The molecule has 5 nitrogen and oxygen atoms in total. The van der Waals surface area contributed by atoms with Crippen molar-refractivity contribution in [3.05, 3.63) is 23.3 Å². The molecule has 2 aliphatic rings. The van der Waals surface area contributed by atoms with Gasteiger partial charge in [-0.15, -0.1) is 0 Å². The molecule has 138 valence electrons. The summed E-state index contributed by atoms with van der Waals surface area (Å²) in [7, 11) is 3.27. The van der Waals surface area contributed by atoms with E-state index in [-0.39, 0.29) is 17.4 Å². The largest absolute Gasteiger partial charge is 0.493 e. The SMILES string of the molecule is COc1cc(C)c(C(C)NC(=O)[C@@]23CCCC[C@H]2CNC3)cc1OC. The van der Waals surface area contributed by atoms with Crippen LogP contribution in [0.1, 0.15) is 49.8 Å². The first-order valence-corrected chi connectivity index (χ1v) is 9.26. The van der Waals surface area contributed by atoms with Crippen LogP contribution in [0.5, 0.6) is 11.5 Å². The number of benzene rings is 1. The number of carbonyl (C=O) groups is 1. The van der Waals surface area contributed by atoms with Gasteiger partial charge in [-0.25, -0.2) is 0 Å². The Labute approximate surface area is 150 Å². The third-order valence-electron chi connectivity index (χ3n) is 6.08. The molecule has 1 saturated heterocycles. The van der Waals surface area contributed by atoms with Crippen molar-refractivity contribution in [1.29, 1.82) is 0 Å². The van der Waals surface area contributed by atoms with Crippen LogP contribution in [0.15, 0.2) is 12.1 Å². The number of amides is 1. The zero-order valence-corrected chi connectivity index (χ0v) is 15.8. The van der Waals surface area contributed by atoms with Crippen molar-refractivity contribution >= 4 is 5.91 Å². The van der Waals surface area contributed by atoms with Crippen LogP contribution in [0.25, 0.3) is 0 Å². The second-order valence-corrected chi connectivity index (χ2v) is 7.49. The Morgan fingerprint density at radius 2 is 2.00 bits per heavy atom. The molecule has 2 fully saturated rings. The third kappa shape index (κ3) is 3.22. The fraction of sp³-hybridized carbons (Fsp3) is 0.650. The van der Waals surface area contributed by atoms with Crippen LogP contribution >= 0.6 is 0 Å². The highest BCUT2D eigenvalue weighted by atomic mass is 16.5. The summed E-state index contributed by atoms with van der Waals surface area (Å²) in [4.78, 5) is 13.2. The van der Waals surface area contributed by atoms with Crippen LogP contribution < -0.4 is 20.1 Å². The van der Waals surface area contributed by atoms with Crippen LogP contribution in [0.3, 0.4) is 0 Å².